The lowest BCUT2D eigenvalue weighted by Crippen LogP contribution is -2.15. The van der Waals surface area contributed by atoms with Gasteiger partial charge in [-0.1, -0.05) is 84.0 Å². The average molecular weight is 373 g/mol. The minimum atomic E-state index is -0.427. The van der Waals surface area contributed by atoms with Crippen molar-refractivity contribution in [3.63, 3.8) is 0 Å². The number of hydrogen-bond acceptors (Lipinski definition) is 5. The summed E-state index contributed by atoms with van der Waals surface area (Å²) in [6.07, 6.45) is 17.3. The number of rotatable bonds is 19. The topological polar surface area (TPSA) is 61.8 Å². The SMILES string of the molecule is CCCCCCCCCCCCCCCC(=O)OCCOCC(=O)OC. The lowest BCUT2D eigenvalue weighted by molar-refractivity contribution is -0.149. The third kappa shape index (κ3) is 19.2. The molecule has 0 rings (SSSR count). The van der Waals surface area contributed by atoms with Gasteiger partial charge in [0.15, 0.2) is 0 Å². The molecule has 0 N–H and O–H groups in total. The molecule has 0 aliphatic carbocycles. The van der Waals surface area contributed by atoms with Crippen LogP contribution in [0.2, 0.25) is 0 Å². The molecule has 154 valence electrons. The van der Waals surface area contributed by atoms with Gasteiger partial charge in [-0.2, -0.15) is 0 Å². The second-order valence-corrected chi connectivity index (χ2v) is 6.84. The maximum absolute atomic E-state index is 11.5. The number of carbonyl (C=O) groups excluding carboxylic acids is 2. The van der Waals surface area contributed by atoms with Crippen molar-refractivity contribution >= 4 is 11.9 Å². The summed E-state index contributed by atoms with van der Waals surface area (Å²) >= 11 is 0. The third-order valence-corrected chi connectivity index (χ3v) is 4.42. The fourth-order valence-electron chi connectivity index (χ4n) is 2.79. The van der Waals surface area contributed by atoms with Crippen LogP contribution in [0.1, 0.15) is 96.8 Å². The Balaban J connectivity index is 3.17. The van der Waals surface area contributed by atoms with Crippen LogP contribution in [-0.2, 0) is 23.8 Å². The fraction of sp³-hybridized carbons (Fsp3) is 0.905. The molecular formula is C21H40O5. The maximum atomic E-state index is 11.5. The summed E-state index contributed by atoms with van der Waals surface area (Å²) in [7, 11) is 1.31. The number of carbonyl (C=O) groups is 2. The van der Waals surface area contributed by atoms with Crippen molar-refractivity contribution in [1.82, 2.24) is 0 Å². The second-order valence-electron chi connectivity index (χ2n) is 6.84. The summed E-state index contributed by atoms with van der Waals surface area (Å²) in [4.78, 5) is 22.3. The molecule has 0 amide bonds. The van der Waals surface area contributed by atoms with E-state index < -0.39 is 5.97 Å². The molecule has 0 aliphatic heterocycles. The van der Waals surface area contributed by atoms with Crippen LogP contribution in [0, 0.1) is 0 Å². The Hall–Kier alpha value is -1.10. The van der Waals surface area contributed by atoms with Gasteiger partial charge in [0.05, 0.1) is 13.7 Å². The smallest absolute Gasteiger partial charge is 0.331 e. The normalized spacial score (nSPS) is 10.7. The predicted molar refractivity (Wildman–Crippen MR) is 104 cm³/mol. The van der Waals surface area contributed by atoms with Crippen LogP contribution in [-0.4, -0.2) is 38.9 Å². The van der Waals surface area contributed by atoms with E-state index >= 15 is 0 Å². The first kappa shape index (κ1) is 24.9. The maximum Gasteiger partial charge on any atom is 0.331 e. The van der Waals surface area contributed by atoms with Gasteiger partial charge in [-0.15, -0.1) is 0 Å². The average Bonchev–Trinajstić information content (AvgIpc) is 2.65. The van der Waals surface area contributed by atoms with Gasteiger partial charge >= 0.3 is 11.9 Å². The monoisotopic (exact) mass is 372 g/mol. The van der Waals surface area contributed by atoms with Gasteiger partial charge in [-0.25, -0.2) is 4.79 Å². The molecule has 0 atom stereocenters. The quantitative estimate of drug-likeness (QED) is 0.230. The van der Waals surface area contributed by atoms with Crippen molar-refractivity contribution in [3.8, 4) is 0 Å². The van der Waals surface area contributed by atoms with E-state index in [2.05, 4.69) is 11.7 Å². The second kappa shape index (κ2) is 20.2. The van der Waals surface area contributed by atoms with Crippen molar-refractivity contribution in [3.05, 3.63) is 0 Å². The highest BCUT2D eigenvalue weighted by Crippen LogP contribution is 2.13. The highest BCUT2D eigenvalue weighted by atomic mass is 16.6. The van der Waals surface area contributed by atoms with Crippen molar-refractivity contribution < 1.29 is 23.8 Å². The molecule has 5 heteroatoms. The van der Waals surface area contributed by atoms with Crippen LogP contribution < -0.4 is 0 Å². The van der Waals surface area contributed by atoms with Crippen LogP contribution in [0.25, 0.3) is 0 Å². The van der Waals surface area contributed by atoms with E-state index in [4.69, 9.17) is 9.47 Å². The summed E-state index contributed by atoms with van der Waals surface area (Å²) in [5.74, 6) is -0.613. The van der Waals surface area contributed by atoms with Crippen molar-refractivity contribution in [2.45, 2.75) is 96.8 Å². The predicted octanol–water partition coefficient (Wildman–Crippen LogP) is 5.20. The Morgan fingerprint density at radius 3 is 1.65 bits per heavy atom. The molecule has 0 aliphatic rings. The van der Waals surface area contributed by atoms with Gasteiger partial charge < -0.3 is 14.2 Å². The standard InChI is InChI=1S/C21H40O5/c1-3-4-5-6-7-8-9-10-11-12-13-14-15-16-20(22)26-18-17-25-19-21(23)24-2/h3-19H2,1-2H3. The van der Waals surface area contributed by atoms with Crippen LogP contribution in [0.3, 0.4) is 0 Å². The highest BCUT2D eigenvalue weighted by molar-refractivity contribution is 5.70. The van der Waals surface area contributed by atoms with Crippen LogP contribution in [0.5, 0.6) is 0 Å². The summed E-state index contributed by atoms with van der Waals surface area (Å²) in [5, 5.41) is 0. The number of unbranched alkanes of at least 4 members (excludes halogenated alkanes) is 12. The molecule has 0 spiro atoms. The lowest BCUT2D eigenvalue weighted by Gasteiger charge is -2.06. The molecule has 0 aromatic heterocycles. The Bertz CT molecular complexity index is 330. The number of methoxy groups -OCH3 is 1. The van der Waals surface area contributed by atoms with Gasteiger partial charge in [0.1, 0.15) is 13.2 Å². The molecule has 0 heterocycles. The molecule has 5 nitrogen and oxygen atoms in total. The van der Waals surface area contributed by atoms with E-state index in [0.29, 0.717) is 6.42 Å². The number of ether oxygens (including phenoxy) is 3. The van der Waals surface area contributed by atoms with Crippen molar-refractivity contribution in [2.75, 3.05) is 26.9 Å². The summed E-state index contributed by atoms with van der Waals surface area (Å²) in [6.45, 7) is 2.56. The molecular weight excluding hydrogens is 332 g/mol. The first-order chi connectivity index (χ1) is 12.7. The van der Waals surface area contributed by atoms with E-state index in [-0.39, 0.29) is 25.8 Å². The first-order valence-electron chi connectivity index (χ1n) is 10.5. The Kier molecular flexibility index (Phi) is 19.4. The first-order valence-corrected chi connectivity index (χ1v) is 10.5. The molecule has 0 aromatic rings. The third-order valence-electron chi connectivity index (χ3n) is 4.42. The Labute approximate surface area is 160 Å². The zero-order chi connectivity index (χ0) is 19.3. The van der Waals surface area contributed by atoms with Gasteiger partial charge in [0.25, 0.3) is 0 Å². The Morgan fingerprint density at radius 1 is 0.654 bits per heavy atom. The molecule has 0 unspecified atom stereocenters. The minimum Gasteiger partial charge on any atom is -0.467 e. The zero-order valence-corrected chi connectivity index (χ0v) is 17.1. The molecule has 0 fully saturated rings. The highest BCUT2D eigenvalue weighted by Gasteiger charge is 2.04. The molecule has 0 saturated heterocycles. The minimum absolute atomic E-state index is 0.104. The molecule has 0 aromatic carbocycles. The van der Waals surface area contributed by atoms with Crippen molar-refractivity contribution in [1.29, 1.82) is 0 Å². The van der Waals surface area contributed by atoms with E-state index in [9.17, 15) is 9.59 Å². The summed E-state index contributed by atoms with van der Waals surface area (Å²) < 4.78 is 14.5. The van der Waals surface area contributed by atoms with E-state index in [0.717, 1.165) is 12.8 Å². The van der Waals surface area contributed by atoms with E-state index in [1.54, 1.807) is 0 Å². The number of esters is 2. The fourth-order valence-corrected chi connectivity index (χ4v) is 2.79. The zero-order valence-electron chi connectivity index (χ0n) is 17.1. The molecule has 0 bridgehead atoms. The summed E-state index contributed by atoms with van der Waals surface area (Å²) in [6, 6.07) is 0. The molecule has 0 radical (unpaired) electrons. The lowest BCUT2D eigenvalue weighted by atomic mass is 10.0. The number of hydrogen-bond donors (Lipinski definition) is 0. The van der Waals surface area contributed by atoms with Crippen LogP contribution >= 0.6 is 0 Å². The van der Waals surface area contributed by atoms with Gasteiger partial charge in [-0.3, -0.25) is 4.79 Å². The van der Waals surface area contributed by atoms with Gasteiger partial charge in [-0.05, 0) is 6.42 Å². The molecule has 0 saturated carbocycles. The Morgan fingerprint density at radius 2 is 1.15 bits per heavy atom. The summed E-state index contributed by atoms with van der Waals surface area (Å²) in [5.41, 5.74) is 0. The van der Waals surface area contributed by atoms with E-state index in [1.807, 2.05) is 0 Å². The van der Waals surface area contributed by atoms with Gasteiger partial charge in [0.2, 0.25) is 0 Å². The van der Waals surface area contributed by atoms with Crippen LogP contribution in [0.4, 0.5) is 0 Å². The molecule has 26 heavy (non-hydrogen) atoms. The largest absolute Gasteiger partial charge is 0.467 e. The van der Waals surface area contributed by atoms with E-state index in [1.165, 1.54) is 77.7 Å². The van der Waals surface area contributed by atoms with Gasteiger partial charge in [0, 0.05) is 6.42 Å². The van der Waals surface area contributed by atoms with Crippen molar-refractivity contribution in [2.24, 2.45) is 0 Å². The van der Waals surface area contributed by atoms with Crippen LogP contribution in [0.15, 0.2) is 0 Å².